The van der Waals surface area contributed by atoms with Crippen molar-refractivity contribution in [2.75, 3.05) is 18.5 Å². The molecular formula is C17H18ClN3O3. The van der Waals surface area contributed by atoms with Gasteiger partial charge in [0.15, 0.2) is 0 Å². The minimum Gasteiger partial charge on any atom is -0.473 e. The van der Waals surface area contributed by atoms with Crippen LogP contribution in [0, 0.1) is 6.92 Å². The summed E-state index contributed by atoms with van der Waals surface area (Å²) in [7, 11) is 0. The van der Waals surface area contributed by atoms with Crippen molar-refractivity contribution in [3.8, 4) is 5.88 Å². The van der Waals surface area contributed by atoms with E-state index in [1.165, 1.54) is 6.20 Å². The normalized spacial score (nSPS) is 15.1. The van der Waals surface area contributed by atoms with E-state index in [4.69, 9.17) is 21.1 Å². The molecule has 1 N–H and O–H groups in total. The van der Waals surface area contributed by atoms with Gasteiger partial charge in [0.2, 0.25) is 5.88 Å². The standard InChI is InChI=1S/C17H18ClN3O3/c1-11-3-2-6-19-15(11)21-16(22)12-9-14(18)17(20-10-12)24-13-4-7-23-8-5-13/h2-3,6,9-10,13H,4-5,7-8H2,1H3,(H,19,21,22). The molecule has 0 unspecified atom stereocenters. The van der Waals surface area contributed by atoms with Gasteiger partial charge in [-0.1, -0.05) is 17.7 Å². The molecule has 126 valence electrons. The summed E-state index contributed by atoms with van der Waals surface area (Å²) >= 11 is 6.21. The molecule has 1 saturated heterocycles. The lowest BCUT2D eigenvalue weighted by Gasteiger charge is -2.23. The molecular weight excluding hydrogens is 330 g/mol. The number of rotatable bonds is 4. The number of nitrogens with one attached hydrogen (secondary N) is 1. The number of amides is 1. The Bertz CT molecular complexity index is 733. The van der Waals surface area contributed by atoms with E-state index in [2.05, 4.69) is 15.3 Å². The van der Waals surface area contributed by atoms with Gasteiger partial charge in [-0.25, -0.2) is 9.97 Å². The zero-order valence-electron chi connectivity index (χ0n) is 13.3. The van der Waals surface area contributed by atoms with Crippen LogP contribution in [0.15, 0.2) is 30.6 Å². The average Bonchev–Trinajstić information content (AvgIpc) is 2.59. The number of carbonyl (C=O) groups is 1. The summed E-state index contributed by atoms with van der Waals surface area (Å²) in [5.74, 6) is 0.541. The Labute approximate surface area is 145 Å². The smallest absolute Gasteiger partial charge is 0.258 e. The number of nitrogens with zero attached hydrogens (tertiary/aromatic N) is 2. The first-order valence-corrected chi connectivity index (χ1v) is 8.14. The molecule has 6 nitrogen and oxygen atoms in total. The number of hydrogen-bond acceptors (Lipinski definition) is 5. The molecule has 1 fully saturated rings. The molecule has 0 aliphatic carbocycles. The number of ether oxygens (including phenoxy) is 2. The van der Waals surface area contributed by atoms with Crippen LogP contribution in [0.4, 0.5) is 5.82 Å². The molecule has 0 atom stereocenters. The molecule has 1 aliphatic rings. The van der Waals surface area contributed by atoms with Crippen molar-refractivity contribution in [2.45, 2.75) is 25.9 Å². The molecule has 0 aromatic carbocycles. The zero-order valence-corrected chi connectivity index (χ0v) is 14.0. The Morgan fingerprint density at radius 2 is 2.17 bits per heavy atom. The number of pyridine rings is 2. The summed E-state index contributed by atoms with van der Waals surface area (Å²) in [4.78, 5) is 20.6. The van der Waals surface area contributed by atoms with Crippen molar-refractivity contribution < 1.29 is 14.3 Å². The predicted molar refractivity (Wildman–Crippen MR) is 90.6 cm³/mol. The van der Waals surface area contributed by atoms with Crippen LogP contribution in [0.1, 0.15) is 28.8 Å². The molecule has 2 aromatic heterocycles. The third-order valence-corrected chi connectivity index (χ3v) is 4.03. The van der Waals surface area contributed by atoms with Crippen LogP contribution in [-0.4, -0.2) is 35.2 Å². The minimum absolute atomic E-state index is 0.0413. The third kappa shape index (κ3) is 4.01. The van der Waals surface area contributed by atoms with Crippen molar-refractivity contribution in [3.63, 3.8) is 0 Å². The van der Waals surface area contributed by atoms with Crippen LogP contribution in [0.5, 0.6) is 5.88 Å². The van der Waals surface area contributed by atoms with Gasteiger partial charge in [-0.15, -0.1) is 0 Å². The van der Waals surface area contributed by atoms with Crippen LogP contribution >= 0.6 is 11.6 Å². The highest BCUT2D eigenvalue weighted by atomic mass is 35.5. The lowest BCUT2D eigenvalue weighted by atomic mass is 10.1. The van der Waals surface area contributed by atoms with Crippen molar-refractivity contribution >= 4 is 23.3 Å². The fourth-order valence-corrected chi connectivity index (χ4v) is 2.60. The topological polar surface area (TPSA) is 73.3 Å². The quantitative estimate of drug-likeness (QED) is 0.919. The van der Waals surface area contributed by atoms with E-state index in [0.29, 0.717) is 35.5 Å². The number of halogens is 1. The molecule has 0 spiro atoms. The molecule has 0 saturated carbocycles. The third-order valence-electron chi connectivity index (χ3n) is 3.76. The summed E-state index contributed by atoms with van der Waals surface area (Å²) in [6, 6.07) is 5.24. The number of anilines is 1. The Balaban J connectivity index is 1.69. The fraction of sp³-hybridized carbons (Fsp3) is 0.353. The van der Waals surface area contributed by atoms with Crippen molar-refractivity contribution in [1.29, 1.82) is 0 Å². The monoisotopic (exact) mass is 347 g/mol. The second-order valence-corrected chi connectivity index (χ2v) is 5.97. The molecule has 1 amide bonds. The van der Waals surface area contributed by atoms with Crippen molar-refractivity contribution in [1.82, 2.24) is 9.97 Å². The van der Waals surface area contributed by atoms with Crippen molar-refractivity contribution in [2.24, 2.45) is 0 Å². The Kier molecular flexibility index (Phi) is 5.27. The summed E-state index contributed by atoms with van der Waals surface area (Å²) in [5.41, 5.74) is 1.23. The molecule has 2 aromatic rings. The van der Waals surface area contributed by atoms with E-state index in [1.54, 1.807) is 12.3 Å². The highest BCUT2D eigenvalue weighted by molar-refractivity contribution is 6.32. The minimum atomic E-state index is -0.316. The van der Waals surface area contributed by atoms with E-state index >= 15 is 0 Å². The van der Waals surface area contributed by atoms with E-state index in [-0.39, 0.29) is 12.0 Å². The van der Waals surface area contributed by atoms with Crippen LogP contribution < -0.4 is 10.1 Å². The average molecular weight is 348 g/mol. The van der Waals surface area contributed by atoms with E-state index in [9.17, 15) is 4.79 Å². The largest absolute Gasteiger partial charge is 0.473 e. The fourth-order valence-electron chi connectivity index (χ4n) is 2.38. The second-order valence-electron chi connectivity index (χ2n) is 5.56. The second kappa shape index (κ2) is 7.59. The van der Waals surface area contributed by atoms with Gasteiger partial charge in [-0.3, -0.25) is 4.79 Å². The maximum absolute atomic E-state index is 12.3. The van der Waals surface area contributed by atoms with Gasteiger partial charge in [0.05, 0.1) is 18.8 Å². The van der Waals surface area contributed by atoms with Gasteiger partial charge in [-0.05, 0) is 24.6 Å². The Hall–Kier alpha value is -2.18. The van der Waals surface area contributed by atoms with E-state index in [1.807, 2.05) is 19.1 Å². The Morgan fingerprint density at radius 3 is 2.88 bits per heavy atom. The lowest BCUT2D eigenvalue weighted by Crippen LogP contribution is -2.26. The SMILES string of the molecule is Cc1cccnc1NC(=O)c1cnc(OC2CCOCC2)c(Cl)c1. The number of aromatic nitrogens is 2. The van der Waals surface area contributed by atoms with Gasteiger partial charge < -0.3 is 14.8 Å². The highest BCUT2D eigenvalue weighted by Crippen LogP contribution is 2.26. The molecule has 1 aliphatic heterocycles. The Morgan fingerprint density at radius 1 is 1.38 bits per heavy atom. The van der Waals surface area contributed by atoms with Crippen LogP contribution in [-0.2, 0) is 4.74 Å². The predicted octanol–water partition coefficient (Wildman–Crippen LogP) is 3.25. The molecule has 7 heteroatoms. The van der Waals surface area contributed by atoms with Crippen LogP contribution in [0.25, 0.3) is 0 Å². The van der Waals surface area contributed by atoms with Gasteiger partial charge in [0, 0.05) is 25.2 Å². The summed E-state index contributed by atoms with van der Waals surface area (Å²) in [6.07, 6.45) is 4.73. The van der Waals surface area contributed by atoms with Crippen molar-refractivity contribution in [3.05, 3.63) is 46.7 Å². The van der Waals surface area contributed by atoms with E-state index in [0.717, 1.165) is 18.4 Å². The lowest BCUT2D eigenvalue weighted by molar-refractivity contribution is 0.0238. The maximum Gasteiger partial charge on any atom is 0.258 e. The molecule has 3 heterocycles. The number of aryl methyl sites for hydroxylation is 1. The zero-order chi connectivity index (χ0) is 16.9. The first-order chi connectivity index (χ1) is 11.6. The number of hydrogen-bond donors (Lipinski definition) is 1. The van der Waals surface area contributed by atoms with Gasteiger partial charge in [0.25, 0.3) is 5.91 Å². The van der Waals surface area contributed by atoms with Gasteiger partial charge in [-0.2, -0.15) is 0 Å². The highest BCUT2D eigenvalue weighted by Gasteiger charge is 2.18. The molecule has 0 radical (unpaired) electrons. The first-order valence-electron chi connectivity index (χ1n) is 7.76. The van der Waals surface area contributed by atoms with Gasteiger partial charge >= 0.3 is 0 Å². The summed E-state index contributed by atoms with van der Waals surface area (Å²) < 4.78 is 11.1. The molecule has 24 heavy (non-hydrogen) atoms. The van der Waals surface area contributed by atoms with Crippen LogP contribution in [0.2, 0.25) is 5.02 Å². The summed E-state index contributed by atoms with van der Waals surface area (Å²) in [6.45, 7) is 3.22. The molecule has 3 rings (SSSR count). The first kappa shape index (κ1) is 16.7. The van der Waals surface area contributed by atoms with Gasteiger partial charge in [0.1, 0.15) is 16.9 Å². The summed E-state index contributed by atoms with van der Waals surface area (Å²) in [5, 5.41) is 3.06. The molecule has 0 bridgehead atoms. The number of carbonyl (C=O) groups excluding carboxylic acids is 1. The van der Waals surface area contributed by atoms with E-state index < -0.39 is 0 Å². The van der Waals surface area contributed by atoms with Crippen LogP contribution in [0.3, 0.4) is 0 Å². The maximum atomic E-state index is 12.3.